The van der Waals surface area contributed by atoms with Crippen LogP contribution in [0.1, 0.15) is 91.7 Å². The molecule has 0 fully saturated rings. The number of aliphatic hydroxyl groups excluding tert-OH is 3. The number of carboxylic acid groups (broad SMARTS) is 2. The van der Waals surface area contributed by atoms with Crippen LogP contribution in [0, 0.1) is 11.8 Å². The van der Waals surface area contributed by atoms with Crippen molar-refractivity contribution in [1.29, 1.82) is 0 Å². The Morgan fingerprint density at radius 3 is 1.33 bits per heavy atom. The number of H-pyrrole nitrogens is 1. The van der Waals surface area contributed by atoms with Gasteiger partial charge in [-0.15, -0.1) is 0 Å². The van der Waals surface area contributed by atoms with Gasteiger partial charge in [0.05, 0.1) is 45.0 Å². The highest BCUT2D eigenvalue weighted by molar-refractivity contribution is 6.00. The number of aliphatic imine (C=N–C) groups is 1. The smallest absolute Gasteiger partial charge is 0.326 e. The predicted molar refractivity (Wildman–Crippen MR) is 297 cm³/mol. The summed E-state index contributed by atoms with van der Waals surface area (Å²) in [5.41, 5.74) is 27.5. The monoisotopic (exact) mass is 1230 g/mol. The number of nitrogens with one attached hydrogen (secondary N) is 11. The van der Waals surface area contributed by atoms with Gasteiger partial charge in [-0.1, -0.05) is 40.5 Å². The van der Waals surface area contributed by atoms with Crippen molar-refractivity contribution in [2.24, 2.45) is 45.5 Å². The molecular weight excluding hydrogens is 1140 g/mol. The summed E-state index contributed by atoms with van der Waals surface area (Å²) in [7, 11) is 0. The van der Waals surface area contributed by atoms with Gasteiger partial charge < -0.3 is 112 Å². The van der Waals surface area contributed by atoms with E-state index in [-0.39, 0.29) is 38.2 Å². The van der Waals surface area contributed by atoms with E-state index in [0.29, 0.717) is 12.1 Å². The summed E-state index contributed by atoms with van der Waals surface area (Å²) in [6.45, 7) is 4.10. The van der Waals surface area contributed by atoms with E-state index in [4.69, 9.17) is 28.7 Å². The lowest BCUT2D eigenvalue weighted by Crippen LogP contribution is -2.62. The normalized spacial score (nSPS) is 15.5. The number of nitrogens with two attached hydrogens (primary N) is 5. The third-order valence-electron chi connectivity index (χ3n) is 13.0. The zero-order valence-corrected chi connectivity index (χ0v) is 48.1. The fraction of sp³-hybridized carbons (Fsp3) is 0.633. The maximum absolute atomic E-state index is 13.9. The number of imidazole rings is 1. The van der Waals surface area contributed by atoms with Gasteiger partial charge in [0, 0.05) is 31.3 Å². The Kier molecular flexibility index (Phi) is 33.1. The van der Waals surface area contributed by atoms with Crippen LogP contribution in [0.2, 0.25) is 0 Å². The van der Waals surface area contributed by atoms with Crippen LogP contribution in [0.15, 0.2) is 17.5 Å². The zero-order valence-electron chi connectivity index (χ0n) is 48.1. The summed E-state index contributed by atoms with van der Waals surface area (Å²) in [4.78, 5) is 193. The van der Waals surface area contributed by atoms with Crippen molar-refractivity contribution in [3.63, 3.8) is 0 Å². The second kappa shape index (κ2) is 38.0. The molecule has 0 unspecified atom stereocenters. The summed E-state index contributed by atoms with van der Waals surface area (Å²) in [5.74, 6) is -18.6. The van der Waals surface area contributed by atoms with Crippen LogP contribution in [0.3, 0.4) is 0 Å². The van der Waals surface area contributed by atoms with Gasteiger partial charge in [-0.05, 0) is 38.0 Å². The van der Waals surface area contributed by atoms with Crippen LogP contribution in [-0.2, 0) is 73.5 Å². The number of aliphatic hydroxyl groups is 3. The van der Waals surface area contributed by atoms with Gasteiger partial charge in [0.2, 0.25) is 70.9 Å². The highest BCUT2D eigenvalue weighted by Gasteiger charge is 2.38. The van der Waals surface area contributed by atoms with Gasteiger partial charge in [0.15, 0.2) is 5.96 Å². The molecule has 37 nitrogen and oxygen atoms in total. The van der Waals surface area contributed by atoms with Gasteiger partial charge in [-0.3, -0.25) is 67.3 Å². The summed E-state index contributed by atoms with van der Waals surface area (Å²) in [6.07, 6.45) is -0.197. The molecule has 482 valence electrons. The number of aromatic nitrogens is 2. The van der Waals surface area contributed by atoms with Gasteiger partial charge in [-0.25, -0.2) is 9.78 Å². The molecule has 1 aromatic rings. The molecule has 13 atom stereocenters. The Hall–Kier alpha value is -9.10. The molecule has 0 spiro atoms. The van der Waals surface area contributed by atoms with Crippen LogP contribution < -0.4 is 81.8 Å². The highest BCUT2D eigenvalue weighted by atomic mass is 16.4. The number of nitrogens with zero attached hydrogens (tertiary/aromatic N) is 2. The molecule has 0 aliphatic carbocycles. The van der Waals surface area contributed by atoms with E-state index in [0.717, 1.165) is 0 Å². The molecule has 0 aliphatic heterocycles. The summed E-state index contributed by atoms with van der Waals surface area (Å²) < 4.78 is 0. The van der Waals surface area contributed by atoms with Crippen LogP contribution in [0.4, 0.5) is 0 Å². The molecule has 0 radical (unpaired) electrons. The summed E-state index contributed by atoms with van der Waals surface area (Å²) in [5, 5.41) is 71.9. The van der Waals surface area contributed by atoms with E-state index in [1.165, 1.54) is 33.3 Å². The second-order valence-electron chi connectivity index (χ2n) is 19.9. The topological polar surface area (TPSA) is 632 Å². The number of carbonyl (C=O) groups excluding carboxylic acids is 12. The van der Waals surface area contributed by atoms with E-state index in [2.05, 4.69) is 68.1 Å². The maximum atomic E-state index is 13.9. The number of hydrogen-bond acceptors (Lipinski definition) is 20. The molecule has 1 rings (SSSR count). The highest BCUT2D eigenvalue weighted by Crippen LogP contribution is 2.13. The minimum Gasteiger partial charge on any atom is -0.481 e. The van der Waals surface area contributed by atoms with Crippen molar-refractivity contribution in [2.75, 3.05) is 26.4 Å². The average molecular weight is 1230 g/mol. The first-order valence-corrected chi connectivity index (χ1v) is 27.0. The zero-order chi connectivity index (χ0) is 65.5. The number of aromatic amines is 1. The molecule has 37 heteroatoms. The lowest BCUT2D eigenvalue weighted by molar-refractivity contribution is -0.142. The van der Waals surface area contributed by atoms with Crippen LogP contribution in [-0.4, -0.2) is 217 Å². The van der Waals surface area contributed by atoms with E-state index < -0.39 is 207 Å². The van der Waals surface area contributed by atoms with Gasteiger partial charge in [0.25, 0.3) is 0 Å². The van der Waals surface area contributed by atoms with Crippen molar-refractivity contribution in [3.05, 3.63) is 18.2 Å². The first kappa shape index (κ1) is 74.9. The molecule has 12 amide bonds. The van der Waals surface area contributed by atoms with E-state index in [1.54, 1.807) is 13.8 Å². The van der Waals surface area contributed by atoms with Crippen LogP contribution in [0.5, 0.6) is 0 Å². The number of amides is 12. The van der Waals surface area contributed by atoms with Gasteiger partial charge >= 0.3 is 11.9 Å². The lowest BCUT2D eigenvalue weighted by atomic mass is 9.97. The van der Waals surface area contributed by atoms with Crippen molar-refractivity contribution in [3.8, 4) is 0 Å². The third-order valence-corrected chi connectivity index (χ3v) is 13.0. The van der Waals surface area contributed by atoms with Crippen LogP contribution in [0.25, 0.3) is 0 Å². The number of primary amides is 2. The first-order chi connectivity index (χ1) is 40.3. The quantitative estimate of drug-likeness (QED) is 0.0164. The fourth-order valence-corrected chi connectivity index (χ4v) is 7.61. The lowest BCUT2D eigenvalue weighted by Gasteiger charge is -2.29. The molecule has 1 heterocycles. The predicted octanol–water partition coefficient (Wildman–Crippen LogP) is -10.0. The Morgan fingerprint density at radius 1 is 0.523 bits per heavy atom. The number of hydrogen-bond donors (Lipinski definition) is 21. The Balaban J connectivity index is 3.28. The Morgan fingerprint density at radius 2 is 0.919 bits per heavy atom. The SMILES string of the molecule is CC[C@H](C)[C@H](NC(=O)[C@H](CC(N)=O)NC(=O)[C@H](CC(N)=O)NC(=O)[C@H](CO)NC(=O)[C@@H](NC(=O)[C@H](CO)NC(=O)[C@H](CCC(=O)O)NC(=O)[C@H](CO)NC(=O)[C@H](C)NC(=O)[C@@H](N)CCCN=C(N)N)[C@@H](C)CC)C(=O)N[C@@H](Cc1cnc[nH]1)C(=O)O. The molecule has 0 aromatic carbocycles. The number of carbonyl (C=O) groups is 14. The van der Waals surface area contributed by atoms with Gasteiger partial charge in [0.1, 0.15) is 60.4 Å². The average Bonchev–Trinajstić information content (AvgIpc) is 3.49. The van der Waals surface area contributed by atoms with Gasteiger partial charge in [-0.2, -0.15) is 0 Å². The van der Waals surface area contributed by atoms with Crippen LogP contribution >= 0.6 is 0 Å². The maximum Gasteiger partial charge on any atom is 0.326 e. The largest absolute Gasteiger partial charge is 0.481 e. The number of rotatable bonds is 41. The van der Waals surface area contributed by atoms with E-state index >= 15 is 0 Å². The standard InChI is InChI=1S/C49H82N18O19/c1-6-21(3)36(46(83)62-29(48(85)86)13-24-16-55-20-57-24)66-42(79)28(15-34(52)72)60-41(78)27(14-33(51)71)61-44(81)31(18-69)65-47(84)37(22(4)7-2)67-45(82)32(19-70)64-40(77)26(10-11-35(73)74)59-43(80)30(17-68)63-38(75)23(5)58-39(76)25(50)9-8-12-56-49(53)54/h16,20-23,25-32,36-37,68-70H,6-15,17-19,50H2,1-5H3,(H2,51,71)(H2,52,72)(H,55,57)(H,58,76)(H,59,80)(H,60,78)(H,61,81)(H,62,83)(H,63,75)(H,64,77)(H,65,84)(H,66,79)(H,67,82)(H,73,74)(H,85,86)(H4,53,54,56)/t21-,22-,23-,25-,26-,27-,28-,29-,30-,31-,32-,36-,37-/m0/s1. The molecule has 86 heavy (non-hydrogen) atoms. The minimum absolute atomic E-state index is 0.117. The van der Waals surface area contributed by atoms with Crippen molar-refractivity contribution in [2.45, 2.75) is 159 Å². The van der Waals surface area contributed by atoms with Crippen molar-refractivity contribution < 1.29 is 92.7 Å². The Bertz CT molecular complexity index is 2550. The molecule has 26 N–H and O–H groups in total. The van der Waals surface area contributed by atoms with E-state index in [9.17, 15) is 92.7 Å². The number of guanidine groups is 1. The molecule has 0 saturated carbocycles. The Labute approximate surface area is 492 Å². The first-order valence-electron chi connectivity index (χ1n) is 27.0. The van der Waals surface area contributed by atoms with Crippen molar-refractivity contribution in [1.82, 2.24) is 63.1 Å². The number of carboxylic acids is 2. The molecule has 0 bridgehead atoms. The molecule has 1 aromatic heterocycles. The third kappa shape index (κ3) is 26.6. The number of aliphatic carboxylic acids is 2. The molecule has 0 aliphatic rings. The summed E-state index contributed by atoms with van der Waals surface area (Å²) in [6, 6.07) is -18.6. The molecule has 0 saturated heterocycles. The fourth-order valence-electron chi connectivity index (χ4n) is 7.61. The minimum atomic E-state index is -2.01. The van der Waals surface area contributed by atoms with E-state index in [1.807, 2.05) is 0 Å². The summed E-state index contributed by atoms with van der Waals surface area (Å²) >= 11 is 0. The van der Waals surface area contributed by atoms with Crippen molar-refractivity contribution >= 4 is 88.8 Å². The molecular formula is C49H82N18O19. The second-order valence-corrected chi connectivity index (χ2v) is 19.9.